The van der Waals surface area contributed by atoms with E-state index in [0.29, 0.717) is 28.2 Å². The smallest absolute Gasteiger partial charge is 0.336 e. The van der Waals surface area contributed by atoms with Crippen molar-refractivity contribution in [1.82, 2.24) is 0 Å². The minimum atomic E-state index is -2.55. The number of carboxylic acids is 1. The molecule has 4 rings (SSSR count). The monoisotopic (exact) mass is 507 g/mol. The van der Waals surface area contributed by atoms with Crippen LogP contribution in [0.1, 0.15) is 48.0 Å². The Morgan fingerprint density at radius 1 is 0.973 bits per heavy atom. The zero-order valence-corrected chi connectivity index (χ0v) is 20.7. The van der Waals surface area contributed by atoms with Gasteiger partial charge in [0.25, 0.3) is 6.43 Å². The number of aryl methyl sites for hydroxylation is 1. The van der Waals surface area contributed by atoms with Gasteiger partial charge in [-0.1, -0.05) is 61.2 Å². The van der Waals surface area contributed by atoms with E-state index in [1.165, 1.54) is 6.07 Å². The minimum Gasteiger partial charge on any atom is -0.478 e. The second-order valence-corrected chi connectivity index (χ2v) is 9.36. The molecule has 1 saturated carbocycles. The molecule has 0 heterocycles. The molecule has 3 aromatic rings. The van der Waals surface area contributed by atoms with Crippen LogP contribution in [0.25, 0.3) is 11.1 Å². The lowest BCUT2D eigenvalue weighted by Gasteiger charge is -2.37. The van der Waals surface area contributed by atoms with Crippen LogP contribution in [0.5, 0.6) is 0 Å². The van der Waals surface area contributed by atoms with Crippen LogP contribution < -0.4 is 15.5 Å². The van der Waals surface area contributed by atoms with Crippen molar-refractivity contribution in [2.24, 2.45) is 0 Å². The summed E-state index contributed by atoms with van der Waals surface area (Å²) < 4.78 is 27.4. The summed E-state index contributed by atoms with van der Waals surface area (Å²) in [5, 5.41) is 15.3. The largest absolute Gasteiger partial charge is 0.478 e. The van der Waals surface area contributed by atoms with Crippen molar-refractivity contribution >= 4 is 29.1 Å². The Labute approximate surface area is 215 Å². The molecule has 8 heteroatoms. The zero-order chi connectivity index (χ0) is 26.4. The van der Waals surface area contributed by atoms with Gasteiger partial charge in [0.15, 0.2) is 0 Å². The fourth-order valence-electron chi connectivity index (χ4n) is 4.88. The van der Waals surface area contributed by atoms with Crippen molar-refractivity contribution in [1.29, 1.82) is 0 Å². The number of alkyl halides is 2. The van der Waals surface area contributed by atoms with Crippen LogP contribution in [0, 0.1) is 6.92 Å². The molecule has 2 amide bonds. The van der Waals surface area contributed by atoms with Gasteiger partial charge < -0.3 is 20.6 Å². The molecule has 1 aliphatic carbocycles. The highest BCUT2D eigenvalue weighted by atomic mass is 19.3. The molecule has 3 N–H and O–H groups in total. The third-order valence-corrected chi connectivity index (χ3v) is 6.68. The summed E-state index contributed by atoms with van der Waals surface area (Å²) in [6.07, 6.45) is 2.05. The molecule has 1 fully saturated rings. The number of nitrogens with zero attached hydrogens (tertiary/aromatic N) is 1. The summed E-state index contributed by atoms with van der Waals surface area (Å²) in [5.74, 6) is -1.08. The first-order valence-corrected chi connectivity index (χ1v) is 12.5. The van der Waals surface area contributed by atoms with Crippen LogP contribution >= 0.6 is 0 Å². The van der Waals surface area contributed by atoms with Crippen molar-refractivity contribution < 1.29 is 23.5 Å². The highest BCUT2D eigenvalue weighted by molar-refractivity contribution is 6.03. The molecule has 194 valence electrons. The van der Waals surface area contributed by atoms with E-state index in [0.717, 1.165) is 37.7 Å². The second-order valence-electron chi connectivity index (χ2n) is 9.36. The minimum absolute atomic E-state index is 0.0689. The Morgan fingerprint density at radius 3 is 2.35 bits per heavy atom. The summed E-state index contributed by atoms with van der Waals surface area (Å²) >= 11 is 0. The lowest BCUT2D eigenvalue weighted by Crippen LogP contribution is -2.40. The Kier molecular flexibility index (Phi) is 8.38. The molecule has 0 radical (unpaired) electrons. The molecular formula is C29H31F2N3O3. The summed E-state index contributed by atoms with van der Waals surface area (Å²) in [6, 6.07) is 18.4. The number of amides is 2. The molecule has 1 aliphatic rings. The maximum Gasteiger partial charge on any atom is 0.336 e. The van der Waals surface area contributed by atoms with E-state index in [-0.39, 0.29) is 11.6 Å². The van der Waals surface area contributed by atoms with Crippen molar-refractivity contribution in [3.63, 3.8) is 0 Å². The Balaban J connectivity index is 1.74. The second kappa shape index (κ2) is 11.9. The lowest BCUT2D eigenvalue weighted by atomic mass is 9.93. The number of anilines is 3. The molecule has 0 bridgehead atoms. The average Bonchev–Trinajstić information content (AvgIpc) is 2.89. The maximum absolute atomic E-state index is 13.7. The Bertz CT molecular complexity index is 1240. The number of hydrogen-bond donors (Lipinski definition) is 3. The van der Waals surface area contributed by atoms with Gasteiger partial charge in [0.1, 0.15) is 0 Å². The van der Waals surface area contributed by atoms with Gasteiger partial charge in [-0.25, -0.2) is 18.4 Å². The summed E-state index contributed by atoms with van der Waals surface area (Å²) in [5.41, 5.74) is 3.62. The van der Waals surface area contributed by atoms with E-state index in [1.54, 1.807) is 53.4 Å². The van der Waals surface area contributed by atoms with Crippen LogP contribution in [0.3, 0.4) is 0 Å². The number of carbonyl (C=O) groups is 2. The van der Waals surface area contributed by atoms with E-state index < -0.39 is 25.0 Å². The topological polar surface area (TPSA) is 81.7 Å². The molecule has 0 saturated heterocycles. The summed E-state index contributed by atoms with van der Waals surface area (Å²) in [6.45, 7) is 1.49. The standard InChI is InChI=1S/C29H31F2N3O3/c1-19-11-14-21(15-12-19)32-29(37)33-25-17-20(23-9-5-6-10-24(23)28(35)36)13-16-26(25)34(18-27(30)31)22-7-3-2-4-8-22/h5-6,9-17,22,27H,2-4,7-8,18H2,1H3,(H,35,36)(H2,32,33,37). The van der Waals surface area contributed by atoms with Crippen molar-refractivity contribution in [3.05, 3.63) is 77.9 Å². The third-order valence-electron chi connectivity index (χ3n) is 6.68. The highest BCUT2D eigenvalue weighted by Crippen LogP contribution is 2.37. The maximum atomic E-state index is 13.7. The van der Waals surface area contributed by atoms with Crippen molar-refractivity contribution in [2.75, 3.05) is 22.1 Å². The average molecular weight is 508 g/mol. The number of carbonyl (C=O) groups excluding carboxylic acids is 1. The summed E-state index contributed by atoms with van der Waals surface area (Å²) in [7, 11) is 0. The molecule has 0 atom stereocenters. The number of nitrogens with one attached hydrogen (secondary N) is 2. The van der Waals surface area contributed by atoms with E-state index in [9.17, 15) is 23.5 Å². The fourth-order valence-corrected chi connectivity index (χ4v) is 4.88. The molecule has 0 spiro atoms. The van der Waals surface area contributed by atoms with Gasteiger partial charge in [-0.05, 0) is 61.2 Å². The first kappa shape index (κ1) is 26.1. The van der Waals surface area contributed by atoms with Crippen LogP contribution in [0.4, 0.5) is 30.6 Å². The molecule has 0 aliphatic heterocycles. The SMILES string of the molecule is Cc1ccc(NC(=O)Nc2cc(-c3ccccc3C(=O)O)ccc2N(CC(F)F)C2CCCCC2)cc1. The molecule has 6 nitrogen and oxygen atoms in total. The number of rotatable bonds is 8. The highest BCUT2D eigenvalue weighted by Gasteiger charge is 2.27. The van der Waals surface area contributed by atoms with Crippen LogP contribution in [-0.4, -0.2) is 36.1 Å². The number of halogens is 2. The number of carboxylic acid groups (broad SMARTS) is 1. The van der Waals surface area contributed by atoms with Gasteiger partial charge in [-0.2, -0.15) is 0 Å². The fraction of sp³-hybridized carbons (Fsp3) is 0.310. The lowest BCUT2D eigenvalue weighted by molar-refractivity contribution is 0.0697. The predicted octanol–water partition coefficient (Wildman–Crippen LogP) is 7.41. The van der Waals surface area contributed by atoms with E-state index in [2.05, 4.69) is 10.6 Å². The van der Waals surface area contributed by atoms with E-state index >= 15 is 0 Å². The Morgan fingerprint density at radius 2 is 1.68 bits per heavy atom. The van der Waals surface area contributed by atoms with E-state index in [4.69, 9.17) is 0 Å². The molecule has 0 unspecified atom stereocenters. The van der Waals surface area contributed by atoms with Crippen LogP contribution in [-0.2, 0) is 0 Å². The number of hydrogen-bond acceptors (Lipinski definition) is 3. The first-order valence-electron chi connectivity index (χ1n) is 12.5. The van der Waals surface area contributed by atoms with Gasteiger partial charge in [-0.3, -0.25) is 0 Å². The number of aromatic carboxylic acids is 1. The van der Waals surface area contributed by atoms with Gasteiger partial charge in [-0.15, -0.1) is 0 Å². The normalized spacial score (nSPS) is 13.8. The van der Waals surface area contributed by atoms with Crippen molar-refractivity contribution in [2.45, 2.75) is 51.5 Å². The van der Waals surface area contributed by atoms with Gasteiger partial charge in [0.05, 0.1) is 23.5 Å². The van der Waals surface area contributed by atoms with E-state index in [1.807, 2.05) is 19.1 Å². The zero-order valence-electron chi connectivity index (χ0n) is 20.7. The molecule has 37 heavy (non-hydrogen) atoms. The quantitative estimate of drug-likeness (QED) is 0.297. The Hall–Kier alpha value is -3.94. The number of urea groups is 1. The number of benzene rings is 3. The van der Waals surface area contributed by atoms with Crippen molar-refractivity contribution in [3.8, 4) is 11.1 Å². The molecule has 3 aromatic carbocycles. The molecular weight excluding hydrogens is 476 g/mol. The molecule has 0 aromatic heterocycles. The summed E-state index contributed by atoms with van der Waals surface area (Å²) in [4.78, 5) is 26.5. The predicted molar refractivity (Wildman–Crippen MR) is 143 cm³/mol. The third kappa shape index (κ3) is 6.64. The van der Waals surface area contributed by atoms with Gasteiger partial charge in [0.2, 0.25) is 0 Å². The van der Waals surface area contributed by atoms with Gasteiger partial charge in [0, 0.05) is 11.7 Å². The van der Waals surface area contributed by atoms with Gasteiger partial charge >= 0.3 is 12.0 Å². The van der Waals surface area contributed by atoms with Crippen LogP contribution in [0.2, 0.25) is 0 Å². The first-order chi connectivity index (χ1) is 17.8. The van der Waals surface area contributed by atoms with Crippen LogP contribution in [0.15, 0.2) is 66.7 Å².